The zero-order chi connectivity index (χ0) is 14.7. The molecule has 0 atom stereocenters. The number of methoxy groups -OCH3 is 2. The fraction of sp³-hybridized carbons (Fsp3) is 0.308. The fourth-order valence-corrected chi connectivity index (χ4v) is 1.75. The van der Waals surface area contributed by atoms with E-state index in [9.17, 15) is 4.79 Å². The molecule has 1 aromatic carbocycles. The molecule has 20 heavy (non-hydrogen) atoms. The summed E-state index contributed by atoms with van der Waals surface area (Å²) in [6, 6.07) is 3.27. The maximum atomic E-state index is 11.7. The van der Waals surface area contributed by atoms with Gasteiger partial charge in [-0.1, -0.05) is 0 Å². The average molecular weight is 277 g/mol. The number of aromatic nitrogens is 2. The number of hydrogen-bond donors (Lipinski definition) is 1. The molecule has 0 unspecified atom stereocenters. The van der Waals surface area contributed by atoms with Crippen LogP contribution in [0, 0.1) is 0 Å². The van der Waals surface area contributed by atoms with Crippen molar-refractivity contribution in [3.63, 3.8) is 0 Å². The lowest BCUT2D eigenvalue weighted by Crippen LogP contribution is -2.12. The summed E-state index contributed by atoms with van der Waals surface area (Å²) in [6.45, 7) is 1.94. The normalized spacial score (nSPS) is 10.3. The van der Waals surface area contributed by atoms with Gasteiger partial charge in [0.25, 0.3) is 0 Å². The predicted octanol–water partition coefficient (Wildman–Crippen LogP) is 1.41. The minimum Gasteiger partial charge on any atom is -0.493 e. The van der Waals surface area contributed by atoms with E-state index >= 15 is 0 Å². The number of carbonyl (C=O) groups excluding carboxylic acids is 1. The van der Waals surface area contributed by atoms with Gasteiger partial charge in [0, 0.05) is 12.1 Å². The van der Waals surface area contributed by atoms with Gasteiger partial charge in [0.2, 0.25) is 0 Å². The molecular weight excluding hydrogens is 262 g/mol. The smallest absolute Gasteiger partial charge is 0.360 e. The second kappa shape index (κ2) is 5.60. The van der Waals surface area contributed by atoms with Crippen LogP contribution in [-0.2, 0) is 4.74 Å². The first-order valence-corrected chi connectivity index (χ1v) is 5.97. The van der Waals surface area contributed by atoms with E-state index in [1.807, 2.05) is 0 Å². The Morgan fingerprint density at radius 2 is 1.70 bits per heavy atom. The second-order valence-electron chi connectivity index (χ2n) is 3.87. The molecule has 0 spiro atoms. The van der Waals surface area contributed by atoms with E-state index in [1.54, 1.807) is 19.1 Å². The number of ether oxygens (including phenoxy) is 3. The lowest BCUT2D eigenvalue weighted by Gasteiger charge is -2.10. The summed E-state index contributed by atoms with van der Waals surface area (Å²) in [6.07, 6.45) is 0. The SMILES string of the molecule is CCOC(=O)c1nc2cc(OC)c(OC)cc2nc1N. The molecule has 0 saturated carbocycles. The minimum absolute atomic E-state index is 0.00781. The van der Waals surface area contributed by atoms with Crippen LogP contribution in [0.5, 0.6) is 11.5 Å². The number of carbonyl (C=O) groups is 1. The van der Waals surface area contributed by atoms with Crippen LogP contribution in [0.1, 0.15) is 17.4 Å². The van der Waals surface area contributed by atoms with Gasteiger partial charge in [-0.05, 0) is 6.92 Å². The third-order valence-corrected chi connectivity index (χ3v) is 2.67. The summed E-state index contributed by atoms with van der Waals surface area (Å²) in [5.41, 5.74) is 6.71. The van der Waals surface area contributed by atoms with E-state index in [1.165, 1.54) is 14.2 Å². The summed E-state index contributed by atoms with van der Waals surface area (Å²) >= 11 is 0. The van der Waals surface area contributed by atoms with Gasteiger partial charge in [-0.2, -0.15) is 0 Å². The van der Waals surface area contributed by atoms with Crippen LogP contribution in [0.4, 0.5) is 5.82 Å². The van der Waals surface area contributed by atoms with Crippen molar-refractivity contribution in [1.82, 2.24) is 9.97 Å². The maximum absolute atomic E-state index is 11.7. The highest BCUT2D eigenvalue weighted by Crippen LogP contribution is 2.31. The lowest BCUT2D eigenvalue weighted by molar-refractivity contribution is 0.0521. The van der Waals surface area contributed by atoms with Crippen molar-refractivity contribution < 1.29 is 19.0 Å². The van der Waals surface area contributed by atoms with E-state index in [0.717, 1.165) is 0 Å². The number of fused-ring (bicyclic) bond motifs is 1. The molecule has 2 N–H and O–H groups in total. The lowest BCUT2D eigenvalue weighted by atomic mass is 10.2. The minimum atomic E-state index is -0.603. The van der Waals surface area contributed by atoms with Crippen molar-refractivity contribution in [2.24, 2.45) is 0 Å². The molecule has 1 heterocycles. The Morgan fingerprint density at radius 3 is 2.20 bits per heavy atom. The second-order valence-corrected chi connectivity index (χ2v) is 3.87. The summed E-state index contributed by atoms with van der Waals surface area (Å²) in [4.78, 5) is 20.0. The molecule has 0 amide bonds. The summed E-state index contributed by atoms with van der Waals surface area (Å²) in [5, 5.41) is 0. The first kappa shape index (κ1) is 13.9. The van der Waals surface area contributed by atoms with Gasteiger partial charge >= 0.3 is 5.97 Å². The van der Waals surface area contributed by atoms with Gasteiger partial charge < -0.3 is 19.9 Å². The molecule has 0 fully saturated rings. The van der Waals surface area contributed by atoms with E-state index in [0.29, 0.717) is 22.5 Å². The topological polar surface area (TPSA) is 96.6 Å². The predicted molar refractivity (Wildman–Crippen MR) is 73.0 cm³/mol. The van der Waals surface area contributed by atoms with Crippen LogP contribution in [0.25, 0.3) is 11.0 Å². The number of nitrogens with zero attached hydrogens (tertiary/aromatic N) is 2. The standard InChI is InChI=1S/C13H15N3O4/c1-4-20-13(17)11-12(14)16-8-6-10(19-3)9(18-2)5-7(8)15-11/h5-6H,4H2,1-3H3,(H2,14,16). The van der Waals surface area contributed by atoms with Crippen LogP contribution >= 0.6 is 0 Å². The summed E-state index contributed by atoms with van der Waals surface area (Å²) < 4.78 is 15.2. The van der Waals surface area contributed by atoms with E-state index in [-0.39, 0.29) is 18.1 Å². The maximum Gasteiger partial charge on any atom is 0.360 e. The average Bonchev–Trinajstić information content (AvgIpc) is 2.45. The Morgan fingerprint density at radius 1 is 1.15 bits per heavy atom. The highest BCUT2D eigenvalue weighted by atomic mass is 16.5. The molecule has 0 aliphatic carbocycles. The molecule has 106 valence electrons. The Hall–Kier alpha value is -2.57. The largest absolute Gasteiger partial charge is 0.493 e. The van der Waals surface area contributed by atoms with Crippen molar-refractivity contribution in [1.29, 1.82) is 0 Å². The van der Waals surface area contributed by atoms with Crippen LogP contribution in [0.15, 0.2) is 12.1 Å². The third kappa shape index (κ3) is 2.42. The molecule has 0 aliphatic rings. The van der Waals surface area contributed by atoms with Gasteiger partial charge in [0.1, 0.15) is 0 Å². The van der Waals surface area contributed by atoms with E-state index in [4.69, 9.17) is 19.9 Å². The van der Waals surface area contributed by atoms with Gasteiger partial charge in [-0.3, -0.25) is 0 Å². The molecule has 7 heteroatoms. The highest BCUT2D eigenvalue weighted by molar-refractivity contribution is 5.95. The zero-order valence-corrected chi connectivity index (χ0v) is 11.5. The van der Waals surface area contributed by atoms with Gasteiger partial charge in [-0.25, -0.2) is 14.8 Å². The monoisotopic (exact) mass is 277 g/mol. The first-order valence-electron chi connectivity index (χ1n) is 5.97. The molecular formula is C13H15N3O4. The fourth-order valence-electron chi connectivity index (χ4n) is 1.75. The van der Waals surface area contributed by atoms with Crippen molar-refractivity contribution in [3.8, 4) is 11.5 Å². The number of hydrogen-bond acceptors (Lipinski definition) is 7. The number of esters is 1. The first-order chi connectivity index (χ1) is 9.60. The third-order valence-electron chi connectivity index (χ3n) is 2.67. The number of anilines is 1. The number of nitrogen functional groups attached to an aromatic ring is 1. The Bertz CT molecular complexity index is 658. The van der Waals surface area contributed by atoms with Gasteiger partial charge in [0.15, 0.2) is 23.0 Å². The van der Waals surface area contributed by atoms with Crippen molar-refractivity contribution in [2.75, 3.05) is 26.6 Å². The van der Waals surface area contributed by atoms with Crippen LogP contribution in [0.3, 0.4) is 0 Å². The Balaban J connectivity index is 2.60. The molecule has 1 aromatic heterocycles. The molecule has 2 rings (SSSR count). The quantitative estimate of drug-likeness (QED) is 0.844. The van der Waals surface area contributed by atoms with Gasteiger partial charge in [0.05, 0.1) is 31.9 Å². The van der Waals surface area contributed by atoms with Crippen LogP contribution < -0.4 is 15.2 Å². The Labute approximate surface area is 115 Å². The molecule has 0 bridgehead atoms. The van der Waals surface area contributed by atoms with Crippen LogP contribution in [0.2, 0.25) is 0 Å². The molecule has 2 aromatic rings. The van der Waals surface area contributed by atoms with Crippen molar-refractivity contribution >= 4 is 22.8 Å². The molecule has 0 radical (unpaired) electrons. The van der Waals surface area contributed by atoms with Crippen LogP contribution in [-0.4, -0.2) is 36.8 Å². The van der Waals surface area contributed by atoms with E-state index < -0.39 is 5.97 Å². The zero-order valence-electron chi connectivity index (χ0n) is 11.5. The summed E-state index contributed by atoms with van der Waals surface area (Å²) in [5.74, 6) is 0.420. The van der Waals surface area contributed by atoms with E-state index in [2.05, 4.69) is 9.97 Å². The molecule has 0 aliphatic heterocycles. The molecule has 0 saturated heterocycles. The highest BCUT2D eigenvalue weighted by Gasteiger charge is 2.17. The Kier molecular flexibility index (Phi) is 3.88. The molecule has 7 nitrogen and oxygen atoms in total. The van der Waals surface area contributed by atoms with Crippen molar-refractivity contribution in [2.45, 2.75) is 6.92 Å². The number of benzene rings is 1. The van der Waals surface area contributed by atoms with Crippen molar-refractivity contribution in [3.05, 3.63) is 17.8 Å². The number of rotatable bonds is 4. The summed E-state index contributed by atoms with van der Waals surface area (Å²) in [7, 11) is 3.04. The van der Waals surface area contributed by atoms with Gasteiger partial charge in [-0.15, -0.1) is 0 Å². The number of nitrogens with two attached hydrogens (primary N) is 1.